The lowest BCUT2D eigenvalue weighted by atomic mass is 10.1. The van der Waals surface area contributed by atoms with Gasteiger partial charge in [0.2, 0.25) is 0 Å². The summed E-state index contributed by atoms with van der Waals surface area (Å²) in [5.41, 5.74) is 0.658. The smallest absolute Gasteiger partial charge is 0.317 e. The first-order valence-corrected chi connectivity index (χ1v) is 6.71. The van der Waals surface area contributed by atoms with Crippen LogP contribution in [0.3, 0.4) is 0 Å². The van der Waals surface area contributed by atoms with Gasteiger partial charge in [-0.1, -0.05) is 17.7 Å². The highest BCUT2D eigenvalue weighted by Crippen LogP contribution is 2.30. The Morgan fingerprint density at radius 1 is 1.32 bits per heavy atom. The summed E-state index contributed by atoms with van der Waals surface area (Å²) in [6.45, 7) is 10.6. The number of carbonyl (C=O) groups excluding carboxylic acids is 1. The maximum Gasteiger partial charge on any atom is 0.325 e. The lowest BCUT2D eigenvalue weighted by Gasteiger charge is -2.31. The first-order valence-electron chi connectivity index (χ1n) is 6.33. The van der Waals surface area contributed by atoms with Gasteiger partial charge in [0.1, 0.15) is 0 Å². The van der Waals surface area contributed by atoms with Crippen LogP contribution >= 0.6 is 11.6 Å². The average molecular weight is 279 g/mol. The van der Waals surface area contributed by atoms with Gasteiger partial charge in [-0.3, -0.25) is 4.90 Å². The Kier molecular flexibility index (Phi) is 3.59. The molecule has 0 N–H and O–H groups in total. The summed E-state index contributed by atoms with van der Waals surface area (Å²) in [7, 11) is 0. The van der Waals surface area contributed by atoms with Crippen LogP contribution in [-0.4, -0.2) is 29.1 Å². The van der Waals surface area contributed by atoms with Crippen LogP contribution in [0.1, 0.15) is 20.8 Å². The zero-order valence-electron chi connectivity index (χ0n) is 11.6. The molecule has 3 nitrogen and oxygen atoms in total. The summed E-state index contributed by atoms with van der Waals surface area (Å²) in [6, 6.07) is 7.33. The van der Waals surface area contributed by atoms with Crippen LogP contribution in [0.2, 0.25) is 5.02 Å². The summed E-state index contributed by atoms with van der Waals surface area (Å²) in [6.07, 6.45) is 1.82. The maximum atomic E-state index is 12.6. The van der Waals surface area contributed by atoms with Crippen molar-refractivity contribution in [3.63, 3.8) is 0 Å². The predicted molar refractivity (Wildman–Crippen MR) is 79.8 cm³/mol. The molecule has 0 aromatic heterocycles. The minimum Gasteiger partial charge on any atom is -0.317 e. The normalized spacial score (nSPS) is 20.0. The minimum atomic E-state index is -0.195. The molecule has 19 heavy (non-hydrogen) atoms. The predicted octanol–water partition coefficient (Wildman–Crippen LogP) is 3.94. The number of amides is 2. The van der Waals surface area contributed by atoms with Crippen LogP contribution in [0.5, 0.6) is 0 Å². The van der Waals surface area contributed by atoms with Crippen LogP contribution in [0.15, 0.2) is 36.9 Å². The van der Waals surface area contributed by atoms with E-state index in [0.717, 1.165) is 5.69 Å². The summed E-state index contributed by atoms with van der Waals surface area (Å²) in [5.74, 6) is 0. The molecule has 2 amide bonds. The molecular weight excluding hydrogens is 260 g/mol. The molecule has 1 aliphatic heterocycles. The van der Waals surface area contributed by atoms with Gasteiger partial charge in [0, 0.05) is 22.8 Å². The van der Waals surface area contributed by atoms with Crippen LogP contribution in [0.25, 0.3) is 0 Å². The van der Waals surface area contributed by atoms with Gasteiger partial charge in [0.15, 0.2) is 0 Å². The molecule has 102 valence electrons. The molecule has 2 rings (SSSR count). The van der Waals surface area contributed by atoms with Crippen molar-refractivity contribution < 1.29 is 4.79 Å². The summed E-state index contributed by atoms with van der Waals surface area (Å²) < 4.78 is 0. The Morgan fingerprint density at radius 2 is 1.89 bits per heavy atom. The molecule has 0 bridgehead atoms. The number of nitrogens with zero attached hydrogens (tertiary/aromatic N) is 2. The van der Waals surface area contributed by atoms with Crippen LogP contribution in [0, 0.1) is 0 Å². The molecule has 1 aliphatic rings. The van der Waals surface area contributed by atoms with Crippen molar-refractivity contribution in [1.29, 1.82) is 0 Å². The molecule has 1 fully saturated rings. The second-order valence-electron chi connectivity index (χ2n) is 5.71. The number of halogens is 1. The number of anilines is 1. The lowest BCUT2D eigenvalue weighted by Crippen LogP contribution is -2.44. The topological polar surface area (TPSA) is 23.6 Å². The van der Waals surface area contributed by atoms with Gasteiger partial charge in [-0.05, 0) is 45.0 Å². The van der Waals surface area contributed by atoms with Crippen molar-refractivity contribution in [2.24, 2.45) is 0 Å². The highest BCUT2D eigenvalue weighted by Gasteiger charge is 2.41. The Hall–Kier alpha value is -1.48. The molecule has 1 aromatic rings. The summed E-state index contributed by atoms with van der Waals surface area (Å²) in [5, 5.41) is 0.665. The molecule has 1 saturated heterocycles. The van der Waals surface area contributed by atoms with E-state index in [-0.39, 0.29) is 17.6 Å². The third-order valence-corrected chi connectivity index (χ3v) is 3.58. The van der Waals surface area contributed by atoms with E-state index in [4.69, 9.17) is 11.6 Å². The first kappa shape index (κ1) is 13.9. The maximum absolute atomic E-state index is 12.6. The second-order valence-corrected chi connectivity index (χ2v) is 6.15. The van der Waals surface area contributed by atoms with Gasteiger partial charge < -0.3 is 4.90 Å². The van der Waals surface area contributed by atoms with E-state index in [2.05, 4.69) is 6.58 Å². The van der Waals surface area contributed by atoms with E-state index in [9.17, 15) is 4.79 Å². The van der Waals surface area contributed by atoms with Gasteiger partial charge in [-0.15, -0.1) is 6.58 Å². The zero-order valence-corrected chi connectivity index (χ0v) is 12.3. The highest BCUT2D eigenvalue weighted by molar-refractivity contribution is 6.30. The molecule has 1 aromatic carbocycles. The first-order chi connectivity index (χ1) is 8.84. The van der Waals surface area contributed by atoms with E-state index >= 15 is 0 Å². The summed E-state index contributed by atoms with van der Waals surface area (Å²) in [4.78, 5) is 16.2. The lowest BCUT2D eigenvalue weighted by molar-refractivity contribution is 0.172. The number of carbonyl (C=O) groups is 1. The molecule has 1 atom stereocenters. The van der Waals surface area contributed by atoms with Crippen molar-refractivity contribution in [2.45, 2.75) is 32.4 Å². The van der Waals surface area contributed by atoms with Gasteiger partial charge in [0.25, 0.3) is 0 Å². The van der Waals surface area contributed by atoms with E-state index < -0.39 is 0 Å². The monoisotopic (exact) mass is 278 g/mol. The molecule has 4 heteroatoms. The van der Waals surface area contributed by atoms with Crippen LogP contribution in [0.4, 0.5) is 10.5 Å². The third kappa shape index (κ3) is 2.61. The SMILES string of the molecule is C=CC1CN(C(C)(C)C)C(=O)N1c1ccc(Cl)cc1. The number of hydrogen-bond acceptors (Lipinski definition) is 1. The largest absolute Gasteiger partial charge is 0.325 e. The van der Waals surface area contributed by atoms with Gasteiger partial charge in [-0.25, -0.2) is 4.79 Å². The van der Waals surface area contributed by atoms with Crippen molar-refractivity contribution >= 4 is 23.3 Å². The van der Waals surface area contributed by atoms with Gasteiger partial charge in [0.05, 0.1) is 6.04 Å². The quantitative estimate of drug-likeness (QED) is 0.752. The fourth-order valence-corrected chi connectivity index (χ4v) is 2.39. The number of benzene rings is 1. The van der Waals surface area contributed by atoms with Crippen molar-refractivity contribution in [2.75, 3.05) is 11.4 Å². The molecule has 1 unspecified atom stereocenters. The Labute approximate surface area is 119 Å². The fourth-order valence-electron chi connectivity index (χ4n) is 2.26. The molecule has 0 radical (unpaired) electrons. The average Bonchev–Trinajstić information content (AvgIpc) is 2.67. The van der Waals surface area contributed by atoms with Gasteiger partial charge >= 0.3 is 6.03 Å². The Balaban J connectivity index is 2.36. The number of rotatable bonds is 2. The second kappa shape index (κ2) is 4.89. The van der Waals surface area contributed by atoms with Crippen molar-refractivity contribution in [1.82, 2.24) is 4.90 Å². The molecule has 1 heterocycles. The van der Waals surface area contributed by atoms with E-state index in [1.807, 2.05) is 43.9 Å². The summed E-state index contributed by atoms with van der Waals surface area (Å²) >= 11 is 5.89. The van der Waals surface area contributed by atoms with Crippen LogP contribution in [-0.2, 0) is 0 Å². The molecule has 0 saturated carbocycles. The molecular formula is C15H19ClN2O. The van der Waals surface area contributed by atoms with E-state index in [0.29, 0.717) is 11.6 Å². The standard InChI is InChI=1S/C15H19ClN2O/c1-5-12-10-17(15(2,3)4)14(19)18(12)13-8-6-11(16)7-9-13/h5-9,12H,1,10H2,2-4H3. The Morgan fingerprint density at radius 3 is 2.37 bits per heavy atom. The van der Waals surface area contributed by atoms with Crippen LogP contribution < -0.4 is 4.90 Å². The number of hydrogen-bond donors (Lipinski definition) is 0. The van der Waals surface area contributed by atoms with E-state index in [1.54, 1.807) is 17.0 Å². The highest BCUT2D eigenvalue weighted by atomic mass is 35.5. The molecule has 0 aliphatic carbocycles. The zero-order chi connectivity index (χ0) is 14.2. The van der Waals surface area contributed by atoms with E-state index in [1.165, 1.54) is 0 Å². The van der Waals surface area contributed by atoms with Crippen molar-refractivity contribution in [3.05, 3.63) is 41.9 Å². The fraction of sp³-hybridized carbons (Fsp3) is 0.400. The third-order valence-electron chi connectivity index (χ3n) is 3.32. The van der Waals surface area contributed by atoms with Gasteiger partial charge in [-0.2, -0.15) is 0 Å². The molecule has 0 spiro atoms. The Bertz CT molecular complexity index is 490. The number of urea groups is 1. The minimum absolute atomic E-state index is 0.00657. The van der Waals surface area contributed by atoms with Crippen molar-refractivity contribution in [3.8, 4) is 0 Å².